The van der Waals surface area contributed by atoms with E-state index in [0.29, 0.717) is 69.2 Å². The van der Waals surface area contributed by atoms with Gasteiger partial charge in [-0.15, -0.1) is 24.2 Å². The van der Waals surface area contributed by atoms with Crippen LogP contribution >= 0.6 is 22.9 Å². The fraction of sp³-hybridized carbons (Fsp3) is 0.139. The second-order valence-electron chi connectivity index (χ2n) is 30.7. The van der Waals surface area contributed by atoms with Crippen molar-refractivity contribution >= 4 is 80.8 Å². The summed E-state index contributed by atoms with van der Waals surface area (Å²) >= 11 is 7.66. The number of rotatable bonds is 13. The molecule has 0 bridgehead atoms. The molecule has 654 valence electrons. The van der Waals surface area contributed by atoms with Crippen LogP contribution in [0.2, 0.25) is 5.02 Å². The number of aromatic nitrogens is 11. The summed E-state index contributed by atoms with van der Waals surface area (Å²) in [5.41, 5.74) is 11.8. The lowest BCUT2D eigenvalue weighted by Gasteiger charge is -2.23. The van der Waals surface area contributed by atoms with E-state index in [9.17, 15) is 61.9 Å². The van der Waals surface area contributed by atoms with Gasteiger partial charge in [0, 0.05) is 90.7 Å². The zero-order valence-electron chi connectivity index (χ0n) is 71.2. The van der Waals surface area contributed by atoms with E-state index in [-0.39, 0.29) is 93.7 Å². The molecule has 0 fully saturated rings. The van der Waals surface area contributed by atoms with Crippen LogP contribution in [0.5, 0.6) is 0 Å². The predicted molar refractivity (Wildman–Crippen MR) is 488 cm³/mol. The normalized spacial score (nSPS) is 12.4. The van der Waals surface area contributed by atoms with Gasteiger partial charge in [0.1, 0.15) is 47.3 Å². The number of ketones is 1. The summed E-state index contributed by atoms with van der Waals surface area (Å²) in [6.45, 7) is 10.9. The van der Waals surface area contributed by atoms with Crippen LogP contribution in [0.4, 0.5) is 33.3 Å². The van der Waals surface area contributed by atoms with Crippen molar-refractivity contribution in [3.63, 3.8) is 0 Å². The second kappa shape index (κ2) is 38.7. The Hall–Kier alpha value is -16.4. The molecule has 1 amide bonds. The van der Waals surface area contributed by atoms with E-state index in [2.05, 4.69) is 46.8 Å². The average Bonchev–Trinajstić information content (AvgIpc) is 1.61. The van der Waals surface area contributed by atoms with Crippen LogP contribution < -0.4 is 4.90 Å². The van der Waals surface area contributed by atoms with E-state index in [0.717, 1.165) is 79.0 Å². The maximum Gasteiger partial charge on any atom is 0.358 e. The molecule has 0 saturated carbocycles. The van der Waals surface area contributed by atoms with Crippen molar-refractivity contribution < 1.29 is 60.8 Å². The predicted octanol–water partition coefficient (Wildman–Crippen LogP) is 18.8. The number of Topliss-reactive ketones (excluding diaryl/α,β-unsaturated/α-hetero) is 1. The first kappa shape index (κ1) is 90.4. The Labute approximate surface area is 761 Å². The van der Waals surface area contributed by atoms with Gasteiger partial charge in [-0.05, 0) is 198 Å². The highest BCUT2D eigenvalue weighted by Gasteiger charge is 2.32. The number of pyridine rings is 2. The zero-order valence-corrected chi connectivity index (χ0v) is 72.7. The molecule has 2 N–H and O–H groups in total. The first-order valence-corrected chi connectivity index (χ1v) is 42.1. The van der Waals surface area contributed by atoms with E-state index >= 15 is 0 Å². The van der Waals surface area contributed by atoms with Crippen LogP contribution in [0.1, 0.15) is 141 Å². The Kier molecular flexibility index (Phi) is 26.5. The Morgan fingerprint density at radius 2 is 1.20 bits per heavy atom. The fourth-order valence-electron chi connectivity index (χ4n) is 15.0. The molecule has 0 radical (unpaired) electrons. The number of ether oxygens (including phenoxy) is 2. The van der Waals surface area contributed by atoms with Crippen LogP contribution in [-0.2, 0) is 49.8 Å². The topological polar surface area (TPSA) is 312 Å². The Balaban J connectivity index is 0.000000127. The average molecular weight is 1800 g/mol. The summed E-state index contributed by atoms with van der Waals surface area (Å²) in [6.07, 6.45) is 22.3. The van der Waals surface area contributed by atoms with Gasteiger partial charge in [-0.25, -0.2) is 56.5 Å². The number of carbonyl (C=O) groups is 4. The standard InChI is InChI=1S/C23H16F3N3O.C21H15F2N5O.C21H16N4O2.C20H15N3O2S.C16H12ClNO2/c1-23(2,30)18-7-8-29-20(12-28-22(29)21(18)26)13-3-6-19(25)17(10-13)16-5-4-15(24)9-14(16)11-27;1-21(2,29)18-11-26-28-17(10-25-20(28)27-18)12-6-7-15(22)14(8-12)19-13(9-24)4-3-5-16(19)23;1-3-14-8-9-17-15(11-14)19(16-7-5-6-10-22-16)23-12-18-20(21(26)27-4-2)24-13-25(17)18;1-3-13-7-8-15-14(10-13)18(17-6-5-9-26-17)21-11-16-19(20(24)25-4-2)22-12-23(15)16;17-12-7-6-11-8-14(19)10-16(20)18(15(11)9-12)13-4-2-1-3-5-13/h3-10,12,30H,1-2H3;3-8,10-11,29H,1-2H3;1,5-11,13H,4,12H2,2H3;1,5-10,12H,4,11H2,2H3;1-7,9H,8,10H2. The van der Waals surface area contributed by atoms with Crippen molar-refractivity contribution in [1.82, 2.24) is 53.1 Å². The molecule has 0 unspecified atom stereocenters. The van der Waals surface area contributed by atoms with E-state index < -0.39 is 52.2 Å². The monoisotopic (exact) mass is 1800 g/mol. The van der Waals surface area contributed by atoms with Gasteiger partial charge in [0.2, 0.25) is 5.91 Å². The van der Waals surface area contributed by atoms with Gasteiger partial charge in [-0.1, -0.05) is 72.0 Å². The third-order valence-electron chi connectivity index (χ3n) is 21.2. The highest BCUT2D eigenvalue weighted by Crippen LogP contribution is 2.40. The van der Waals surface area contributed by atoms with Crippen LogP contribution in [0.15, 0.2) is 253 Å². The number of esters is 2. The van der Waals surface area contributed by atoms with Crippen LogP contribution in [0.25, 0.3) is 67.6 Å². The number of benzene rings is 8. The first-order valence-electron chi connectivity index (χ1n) is 40.8. The van der Waals surface area contributed by atoms with Crippen molar-refractivity contribution in [2.45, 2.75) is 78.7 Å². The number of amides is 1. The molecule has 11 heterocycles. The van der Waals surface area contributed by atoms with Crippen LogP contribution in [-0.4, -0.2) is 112 Å². The molecule has 3 aliphatic heterocycles. The number of nitrogens with zero attached hydrogens (tertiary/aromatic N) is 16. The zero-order chi connectivity index (χ0) is 93.4. The molecular formula is C101H74ClF5N16O8S. The number of carbonyl (C=O) groups excluding carboxylic acids is 4. The molecule has 19 rings (SSSR count). The lowest BCUT2D eigenvalue weighted by Crippen LogP contribution is -2.26. The minimum Gasteiger partial charge on any atom is -0.461 e. The van der Waals surface area contributed by atoms with Crippen molar-refractivity contribution in [2.24, 2.45) is 9.98 Å². The molecule has 0 spiro atoms. The van der Waals surface area contributed by atoms with Gasteiger partial charge in [0.05, 0.1) is 148 Å². The number of aliphatic imine (C=N–C) groups is 2. The smallest absolute Gasteiger partial charge is 0.358 e. The van der Waals surface area contributed by atoms with Gasteiger partial charge in [0.15, 0.2) is 22.9 Å². The Morgan fingerprint density at radius 3 is 1.82 bits per heavy atom. The maximum absolute atomic E-state index is 14.9. The quantitative estimate of drug-likeness (QED) is 0.0469. The molecule has 16 aromatic rings. The molecule has 8 aromatic heterocycles. The van der Waals surface area contributed by atoms with Gasteiger partial charge in [0.25, 0.3) is 5.78 Å². The number of nitriles is 2. The SMILES string of the molecule is C#Cc1ccc2c(c1)C(c1ccccn1)=NCc1c(C(=O)OCC)ncn1-2.C#Cc1ccc2c(c1)C(c1cccs1)=NCc1c(C(=O)OCC)ncn1-2.CC(C)(O)c1ccn2c(-c3ccc(F)c(-c4ccc(F)cc4C#N)c3)cnc2c1F.CC(C)(O)c1cnn2c(-c3ccc(F)c(-c4c(F)cccc4C#N)c3)cnc2n1.O=C1CC(=O)N(c2ccccc2)c2cc(Cl)ccc2C1. The molecule has 8 aromatic carbocycles. The van der Waals surface area contributed by atoms with Gasteiger partial charge in [-0.3, -0.25) is 43.0 Å². The molecule has 0 aliphatic carbocycles. The number of halogens is 6. The van der Waals surface area contributed by atoms with E-state index in [1.54, 1.807) is 81.1 Å². The third kappa shape index (κ3) is 18.8. The molecule has 0 saturated heterocycles. The maximum atomic E-state index is 14.9. The summed E-state index contributed by atoms with van der Waals surface area (Å²) in [7, 11) is 0. The van der Waals surface area contributed by atoms with Crippen LogP contribution in [0, 0.1) is 76.4 Å². The van der Waals surface area contributed by atoms with Crippen molar-refractivity contribution in [3.8, 4) is 93.0 Å². The van der Waals surface area contributed by atoms with Crippen molar-refractivity contribution in [3.05, 3.63) is 361 Å². The number of para-hydroxylation sites is 1. The molecule has 132 heavy (non-hydrogen) atoms. The van der Waals surface area contributed by atoms with Crippen LogP contribution in [0.3, 0.4) is 0 Å². The number of terminal acetylenes is 2. The number of aliphatic hydroxyl groups is 2. The number of fused-ring (bicyclic) bond motifs is 9. The number of anilines is 2. The number of hydrogen-bond acceptors (Lipinski definition) is 20. The van der Waals surface area contributed by atoms with Gasteiger partial charge in [-0.2, -0.15) is 20.1 Å². The highest BCUT2D eigenvalue weighted by atomic mass is 35.5. The molecule has 0 atom stereocenters. The van der Waals surface area contributed by atoms with E-state index in [1.165, 1.54) is 108 Å². The Bertz CT molecular complexity index is 7480. The molecule has 3 aliphatic rings. The summed E-state index contributed by atoms with van der Waals surface area (Å²) in [5, 5.41) is 45.7. The summed E-state index contributed by atoms with van der Waals surface area (Å²) in [5.74, 6) is 1.26. The fourth-order valence-corrected chi connectivity index (χ4v) is 15.9. The number of thiophene rings is 1. The van der Waals surface area contributed by atoms with Gasteiger partial charge < -0.3 is 19.7 Å². The molecular weight excluding hydrogens is 1730 g/mol. The molecule has 31 heteroatoms. The van der Waals surface area contributed by atoms with E-state index in [4.69, 9.17) is 43.9 Å². The first-order chi connectivity index (χ1) is 63.6. The van der Waals surface area contributed by atoms with E-state index in [1.807, 2.05) is 130 Å². The van der Waals surface area contributed by atoms with Crippen molar-refractivity contribution in [1.29, 1.82) is 10.5 Å². The summed E-state index contributed by atoms with van der Waals surface area (Å²) in [4.78, 5) is 86.5. The summed E-state index contributed by atoms with van der Waals surface area (Å²) in [6, 6.07) is 56.9. The lowest BCUT2D eigenvalue weighted by molar-refractivity contribution is -0.125. The number of imidazole rings is 4. The third-order valence-corrected chi connectivity index (χ3v) is 22.3. The minimum atomic E-state index is -1.38. The minimum absolute atomic E-state index is 0.00468. The largest absolute Gasteiger partial charge is 0.461 e. The molecule has 24 nitrogen and oxygen atoms in total. The summed E-state index contributed by atoms with van der Waals surface area (Å²) < 4.78 is 88.8. The lowest BCUT2D eigenvalue weighted by atomic mass is 9.97. The second-order valence-corrected chi connectivity index (χ2v) is 32.1. The number of hydrogen-bond donors (Lipinski definition) is 2. The Morgan fingerprint density at radius 1 is 0.576 bits per heavy atom. The highest BCUT2D eigenvalue weighted by molar-refractivity contribution is 7.12. The van der Waals surface area contributed by atoms with Gasteiger partial charge >= 0.3 is 11.9 Å². The van der Waals surface area contributed by atoms with Crippen molar-refractivity contribution in [2.75, 3.05) is 18.1 Å².